The van der Waals surface area contributed by atoms with Crippen molar-refractivity contribution in [1.29, 1.82) is 0 Å². The van der Waals surface area contributed by atoms with E-state index in [1.807, 2.05) is 30.3 Å². The van der Waals surface area contributed by atoms with E-state index in [4.69, 9.17) is 0 Å². The van der Waals surface area contributed by atoms with Gasteiger partial charge in [0, 0.05) is 25.4 Å². The quantitative estimate of drug-likeness (QED) is 0.942. The molecule has 0 radical (unpaired) electrons. The molecule has 3 nitrogen and oxygen atoms in total. The first kappa shape index (κ1) is 14.7. The number of aliphatic hydroxyl groups excluding tert-OH is 1. The molecule has 114 valence electrons. The summed E-state index contributed by atoms with van der Waals surface area (Å²) in [5, 5.41) is 9.33. The Labute approximate surface area is 129 Å². The number of amides is 1. The van der Waals surface area contributed by atoms with Gasteiger partial charge in [-0.15, -0.1) is 0 Å². The molecule has 2 aromatic carbocycles. The van der Waals surface area contributed by atoms with E-state index < -0.39 is 6.10 Å². The molecule has 1 aliphatic heterocycles. The van der Waals surface area contributed by atoms with Crippen molar-refractivity contribution in [2.24, 2.45) is 0 Å². The largest absolute Gasteiger partial charge is 0.389 e. The van der Waals surface area contributed by atoms with Crippen LogP contribution in [0.4, 0.5) is 4.39 Å². The average molecular weight is 299 g/mol. The molecule has 1 saturated heterocycles. The van der Waals surface area contributed by atoms with E-state index in [9.17, 15) is 14.3 Å². The van der Waals surface area contributed by atoms with Crippen molar-refractivity contribution >= 4 is 5.91 Å². The second kappa shape index (κ2) is 6.28. The van der Waals surface area contributed by atoms with Crippen LogP contribution in [-0.2, 0) is 4.79 Å². The van der Waals surface area contributed by atoms with Crippen molar-refractivity contribution in [3.8, 4) is 0 Å². The molecule has 1 N–H and O–H groups in total. The van der Waals surface area contributed by atoms with Crippen molar-refractivity contribution in [1.82, 2.24) is 4.90 Å². The highest BCUT2D eigenvalue weighted by atomic mass is 19.1. The number of carbonyl (C=O) groups is 1. The average Bonchev–Trinajstić information content (AvgIpc) is 2.51. The Morgan fingerprint density at radius 3 is 2.41 bits per heavy atom. The zero-order chi connectivity index (χ0) is 15.5. The Morgan fingerprint density at radius 2 is 1.77 bits per heavy atom. The smallest absolute Gasteiger partial charge is 0.223 e. The van der Waals surface area contributed by atoms with Crippen LogP contribution < -0.4 is 0 Å². The summed E-state index contributed by atoms with van der Waals surface area (Å²) in [5.74, 6) is -0.664. The van der Waals surface area contributed by atoms with Crippen LogP contribution in [0.5, 0.6) is 0 Å². The minimum atomic E-state index is -0.424. The Hall–Kier alpha value is -2.20. The SMILES string of the molecule is O=C(CC(c1ccccc1)c1ccccc1F)N1CC(O)C1. The first-order valence-electron chi connectivity index (χ1n) is 7.40. The standard InChI is InChI=1S/C18H18FNO2/c19-17-9-5-4-8-15(17)16(13-6-2-1-3-7-13)10-18(22)20-11-14(21)12-20/h1-9,14,16,21H,10-12H2. The van der Waals surface area contributed by atoms with Crippen LogP contribution in [-0.4, -0.2) is 35.1 Å². The van der Waals surface area contributed by atoms with Crippen LogP contribution in [0, 0.1) is 5.82 Å². The van der Waals surface area contributed by atoms with Gasteiger partial charge in [-0.2, -0.15) is 0 Å². The molecule has 1 unspecified atom stereocenters. The number of hydrogen-bond donors (Lipinski definition) is 1. The summed E-state index contributed by atoms with van der Waals surface area (Å²) < 4.78 is 14.2. The Morgan fingerprint density at radius 1 is 1.14 bits per heavy atom. The fourth-order valence-corrected chi connectivity index (χ4v) is 2.81. The van der Waals surface area contributed by atoms with Gasteiger partial charge in [-0.3, -0.25) is 4.79 Å². The second-order valence-corrected chi connectivity index (χ2v) is 5.64. The van der Waals surface area contributed by atoms with Gasteiger partial charge in [-0.1, -0.05) is 48.5 Å². The molecule has 0 bridgehead atoms. The first-order chi connectivity index (χ1) is 10.6. The number of carbonyl (C=O) groups excluding carboxylic acids is 1. The zero-order valence-corrected chi connectivity index (χ0v) is 12.2. The van der Waals surface area contributed by atoms with Gasteiger partial charge in [0.2, 0.25) is 5.91 Å². The predicted octanol–water partition coefficient (Wildman–Crippen LogP) is 2.55. The maximum atomic E-state index is 14.2. The molecule has 0 saturated carbocycles. The van der Waals surface area contributed by atoms with Crippen LogP contribution in [0.3, 0.4) is 0 Å². The molecule has 1 amide bonds. The lowest BCUT2D eigenvalue weighted by Gasteiger charge is -2.36. The molecule has 1 heterocycles. The summed E-state index contributed by atoms with van der Waals surface area (Å²) in [6, 6.07) is 16.1. The van der Waals surface area contributed by atoms with E-state index in [2.05, 4.69) is 0 Å². The van der Waals surface area contributed by atoms with Gasteiger partial charge in [0.05, 0.1) is 6.10 Å². The molecule has 1 aliphatic rings. The van der Waals surface area contributed by atoms with Crippen LogP contribution in [0.15, 0.2) is 54.6 Å². The molecular weight excluding hydrogens is 281 g/mol. The number of rotatable bonds is 4. The van der Waals surface area contributed by atoms with Gasteiger partial charge in [0.1, 0.15) is 5.82 Å². The molecule has 1 atom stereocenters. The van der Waals surface area contributed by atoms with E-state index in [-0.39, 0.29) is 24.1 Å². The van der Waals surface area contributed by atoms with Crippen molar-refractivity contribution in [2.75, 3.05) is 13.1 Å². The third-order valence-electron chi connectivity index (χ3n) is 4.08. The third-order valence-corrected chi connectivity index (χ3v) is 4.08. The summed E-state index contributed by atoms with van der Waals surface area (Å²) in [7, 11) is 0. The number of hydrogen-bond acceptors (Lipinski definition) is 2. The predicted molar refractivity (Wildman–Crippen MR) is 81.9 cm³/mol. The van der Waals surface area contributed by atoms with E-state index in [1.54, 1.807) is 23.1 Å². The number of likely N-dealkylation sites (tertiary alicyclic amines) is 1. The number of benzene rings is 2. The highest BCUT2D eigenvalue weighted by molar-refractivity contribution is 5.78. The highest BCUT2D eigenvalue weighted by Gasteiger charge is 2.31. The number of aliphatic hydroxyl groups is 1. The minimum absolute atomic E-state index is 0.0533. The maximum absolute atomic E-state index is 14.2. The van der Waals surface area contributed by atoms with E-state index in [0.717, 1.165) is 5.56 Å². The van der Waals surface area contributed by atoms with E-state index in [0.29, 0.717) is 18.7 Å². The fraction of sp³-hybridized carbons (Fsp3) is 0.278. The Bertz CT molecular complexity index is 653. The van der Waals surface area contributed by atoms with Gasteiger partial charge in [0.25, 0.3) is 0 Å². The van der Waals surface area contributed by atoms with Crippen LogP contribution in [0.25, 0.3) is 0 Å². The van der Waals surface area contributed by atoms with Gasteiger partial charge < -0.3 is 10.0 Å². The van der Waals surface area contributed by atoms with Crippen LogP contribution in [0.1, 0.15) is 23.5 Å². The second-order valence-electron chi connectivity index (χ2n) is 5.64. The molecule has 0 aromatic heterocycles. The first-order valence-corrected chi connectivity index (χ1v) is 7.40. The molecule has 4 heteroatoms. The number of nitrogens with zero attached hydrogens (tertiary/aromatic N) is 1. The van der Waals surface area contributed by atoms with Crippen LogP contribution >= 0.6 is 0 Å². The normalized spacial score (nSPS) is 16.2. The molecule has 3 rings (SSSR count). The lowest BCUT2D eigenvalue weighted by Crippen LogP contribution is -2.53. The summed E-state index contributed by atoms with van der Waals surface area (Å²) in [4.78, 5) is 13.9. The van der Waals surface area contributed by atoms with E-state index >= 15 is 0 Å². The summed E-state index contributed by atoms with van der Waals surface area (Å²) in [5.41, 5.74) is 1.45. The van der Waals surface area contributed by atoms with Gasteiger partial charge >= 0.3 is 0 Å². The summed E-state index contributed by atoms with van der Waals surface area (Å²) >= 11 is 0. The Kier molecular flexibility index (Phi) is 4.20. The lowest BCUT2D eigenvalue weighted by atomic mass is 9.87. The van der Waals surface area contributed by atoms with Crippen molar-refractivity contribution in [2.45, 2.75) is 18.4 Å². The minimum Gasteiger partial charge on any atom is -0.389 e. The topological polar surface area (TPSA) is 40.5 Å². The number of halogens is 1. The molecule has 0 aliphatic carbocycles. The lowest BCUT2D eigenvalue weighted by molar-refractivity contribution is -0.141. The number of β-amino-alcohol motifs (C(OH)–C–C–N with tert-alkyl or cyclic N) is 1. The molecule has 1 fully saturated rings. The van der Waals surface area contributed by atoms with Crippen LogP contribution in [0.2, 0.25) is 0 Å². The van der Waals surface area contributed by atoms with Crippen molar-refractivity contribution in [3.63, 3.8) is 0 Å². The van der Waals surface area contributed by atoms with E-state index in [1.165, 1.54) is 6.07 Å². The highest BCUT2D eigenvalue weighted by Crippen LogP contribution is 2.31. The monoisotopic (exact) mass is 299 g/mol. The maximum Gasteiger partial charge on any atom is 0.223 e. The molecule has 22 heavy (non-hydrogen) atoms. The Balaban J connectivity index is 1.87. The van der Waals surface area contributed by atoms with Gasteiger partial charge in [-0.25, -0.2) is 4.39 Å². The van der Waals surface area contributed by atoms with Crippen molar-refractivity contribution in [3.05, 3.63) is 71.5 Å². The third kappa shape index (κ3) is 3.02. The van der Waals surface area contributed by atoms with Gasteiger partial charge in [-0.05, 0) is 17.2 Å². The molecular formula is C18H18FNO2. The van der Waals surface area contributed by atoms with Crippen molar-refractivity contribution < 1.29 is 14.3 Å². The van der Waals surface area contributed by atoms with Gasteiger partial charge in [0.15, 0.2) is 0 Å². The summed E-state index contributed by atoms with van der Waals surface area (Å²) in [6.07, 6.45) is -0.218. The molecule has 0 spiro atoms. The zero-order valence-electron chi connectivity index (χ0n) is 12.2. The summed E-state index contributed by atoms with van der Waals surface area (Å²) in [6.45, 7) is 0.745. The molecule has 2 aromatic rings. The fourth-order valence-electron chi connectivity index (χ4n) is 2.81.